The monoisotopic (exact) mass is 726 g/mol. The van der Waals surface area contributed by atoms with Crippen LogP contribution in [0.4, 0.5) is 22.7 Å². The van der Waals surface area contributed by atoms with E-state index in [1.165, 1.54) is 62.0 Å². The minimum absolute atomic E-state index is 0.114. The number of hydrogen-bond donors (Lipinski definition) is 7. The fourth-order valence-corrected chi connectivity index (χ4v) is 4.56. The molecule has 0 spiro atoms. The Morgan fingerprint density at radius 2 is 1.02 bits per heavy atom. The summed E-state index contributed by atoms with van der Waals surface area (Å²) >= 11 is 3.00. The number of nitrogens with two attached hydrogens (primary N) is 2. The second kappa shape index (κ2) is 14.6. The zero-order valence-electron chi connectivity index (χ0n) is 30.1. The molecule has 0 aliphatic carbocycles. The molecular weight excluding hydrogens is 688 g/mol. The number of guanidine groups is 1. The topological polar surface area (TPSA) is 230 Å². The summed E-state index contributed by atoms with van der Waals surface area (Å²) in [6, 6.07) is 5.63. The second-order valence-corrected chi connectivity index (χ2v) is 11.3. The maximum Gasteiger partial charge on any atom is 0.272 e. The Morgan fingerprint density at radius 1 is 0.688 bits per heavy atom. The molecule has 48 heavy (non-hydrogen) atoms. The summed E-state index contributed by atoms with van der Waals surface area (Å²) in [5, 5.41) is 12.6. The number of hydrogen-bond acceptors (Lipinski definition) is 6. The van der Waals surface area contributed by atoms with Crippen LogP contribution in [0.1, 0.15) is 47.4 Å². The van der Waals surface area contributed by atoms with E-state index in [4.69, 9.17) is 17.0 Å². The number of halogens is 1. The van der Waals surface area contributed by atoms with E-state index in [-0.39, 0.29) is 38.6 Å². The molecule has 252 valence electrons. The third-order valence-electron chi connectivity index (χ3n) is 6.65. The Hall–Kier alpha value is -6.04. The Morgan fingerprint density at radius 3 is 1.35 bits per heavy atom. The Bertz CT molecular complexity index is 2140. The summed E-state index contributed by atoms with van der Waals surface area (Å²) in [4.78, 5) is 67.3. The standard InChI is InChI=1S/C30H35BrN12O5/c1-16(31)25(44)36-17-9-22(41(3)12-17)27(46)38-19-11-24(43(5)14-19)29(48)39-20-10-23(42(4)15-20)28(47)37-18-8-21(40(2)13-18)26(45)34-6-7-35-30(32)33/h8-15H,1,6-7H2,2-5H3,(H,34,45)(H,36,44)(H,37,47)(H,38,46)(H,39,48)(H4,32,33,35)/i6D2,7D2. The molecule has 5 amide bonds. The summed E-state index contributed by atoms with van der Waals surface area (Å²) in [7, 11) is 6.28. The molecule has 0 aromatic carbocycles. The highest BCUT2D eigenvalue weighted by Gasteiger charge is 2.20. The van der Waals surface area contributed by atoms with Crippen LogP contribution >= 0.6 is 15.9 Å². The molecule has 4 aromatic heterocycles. The Kier molecular flexibility index (Phi) is 8.93. The van der Waals surface area contributed by atoms with Crippen LogP contribution in [0.25, 0.3) is 0 Å². The van der Waals surface area contributed by atoms with Gasteiger partial charge in [0.1, 0.15) is 22.8 Å². The van der Waals surface area contributed by atoms with E-state index in [0.29, 0.717) is 11.4 Å². The fraction of sp³-hybridized carbons (Fsp3) is 0.200. The number of carbonyl (C=O) groups is 5. The Balaban J connectivity index is 1.41. The first kappa shape index (κ1) is 29.4. The number of nitrogens with zero attached hydrogens (tertiary/aromatic N) is 5. The van der Waals surface area contributed by atoms with E-state index in [1.807, 2.05) is 5.32 Å². The molecule has 0 saturated carbocycles. The number of rotatable bonds is 12. The first-order chi connectivity index (χ1) is 24.1. The molecule has 4 aromatic rings. The van der Waals surface area contributed by atoms with Crippen LogP contribution in [0.3, 0.4) is 0 Å². The molecule has 0 saturated heterocycles. The number of aromatic nitrogens is 4. The number of anilines is 4. The third kappa shape index (κ3) is 8.40. The molecule has 0 aliphatic rings. The number of nitrogens with one attached hydrogen (secondary N) is 5. The lowest BCUT2D eigenvalue weighted by molar-refractivity contribution is -0.112. The molecule has 0 bridgehead atoms. The van der Waals surface area contributed by atoms with Crippen LogP contribution in [0.5, 0.6) is 0 Å². The average molecular weight is 728 g/mol. The van der Waals surface area contributed by atoms with Gasteiger partial charge in [0, 0.05) is 59.5 Å². The fourth-order valence-electron chi connectivity index (χ4n) is 4.46. The maximum atomic E-state index is 13.2. The lowest BCUT2D eigenvalue weighted by atomic mass is 10.3. The van der Waals surface area contributed by atoms with Gasteiger partial charge in [0.2, 0.25) is 0 Å². The SMILES string of the molecule is [2H]C([2H])(N=C(N)N)C([2H])([2H])NC(=O)c1cc(NC(=O)c2cc(NC(=O)c3cc(NC(=O)c4cc(NC(=O)C(=C)Br)cn4C)cn3C)cn2C)cn1C. The lowest BCUT2D eigenvalue weighted by Crippen LogP contribution is -2.29. The van der Waals surface area contributed by atoms with Gasteiger partial charge in [0.15, 0.2) is 5.96 Å². The van der Waals surface area contributed by atoms with Gasteiger partial charge in [0.25, 0.3) is 29.5 Å². The molecule has 0 unspecified atom stereocenters. The van der Waals surface area contributed by atoms with Gasteiger partial charge in [-0.3, -0.25) is 29.0 Å². The first-order valence-electron chi connectivity index (χ1n) is 15.8. The minimum Gasteiger partial charge on any atom is -0.370 e. The van der Waals surface area contributed by atoms with Gasteiger partial charge in [-0.2, -0.15) is 0 Å². The van der Waals surface area contributed by atoms with Crippen LogP contribution in [-0.4, -0.2) is 66.8 Å². The molecule has 18 heteroatoms. The van der Waals surface area contributed by atoms with Gasteiger partial charge in [-0.25, -0.2) is 0 Å². The zero-order valence-corrected chi connectivity index (χ0v) is 27.7. The van der Waals surface area contributed by atoms with Crippen molar-refractivity contribution in [1.29, 1.82) is 0 Å². The zero-order chi connectivity index (χ0) is 38.9. The highest BCUT2D eigenvalue weighted by atomic mass is 79.9. The van der Waals surface area contributed by atoms with Crippen molar-refractivity contribution in [2.24, 2.45) is 44.7 Å². The maximum absolute atomic E-state index is 13.2. The van der Waals surface area contributed by atoms with Crippen molar-refractivity contribution >= 4 is 74.2 Å². The predicted molar refractivity (Wildman–Crippen MR) is 185 cm³/mol. The smallest absolute Gasteiger partial charge is 0.272 e. The van der Waals surface area contributed by atoms with E-state index in [9.17, 15) is 24.0 Å². The number of aryl methyl sites for hydroxylation is 4. The molecule has 4 heterocycles. The summed E-state index contributed by atoms with van der Waals surface area (Å²) in [5.74, 6) is -3.82. The van der Waals surface area contributed by atoms with Crippen LogP contribution in [-0.2, 0) is 33.0 Å². The van der Waals surface area contributed by atoms with Crippen LogP contribution < -0.4 is 38.1 Å². The molecule has 17 nitrogen and oxygen atoms in total. The highest BCUT2D eigenvalue weighted by molar-refractivity contribution is 9.12. The van der Waals surface area contributed by atoms with Crippen molar-refractivity contribution in [2.45, 2.75) is 0 Å². The first-order valence-corrected chi connectivity index (χ1v) is 14.6. The van der Waals surface area contributed by atoms with Crippen LogP contribution in [0.2, 0.25) is 0 Å². The minimum atomic E-state index is -3.00. The normalized spacial score (nSPS) is 12.4. The molecule has 0 aliphatic heterocycles. The summed E-state index contributed by atoms with van der Waals surface area (Å²) in [6.45, 7) is -2.48. The molecule has 0 radical (unpaired) electrons. The molecule has 0 atom stereocenters. The quantitative estimate of drug-likeness (QED) is 0.0648. The van der Waals surface area contributed by atoms with E-state index in [1.54, 1.807) is 33.5 Å². The number of amides is 5. The number of carbonyl (C=O) groups excluding carboxylic acids is 5. The van der Waals surface area contributed by atoms with E-state index in [0.717, 1.165) is 0 Å². The van der Waals surface area contributed by atoms with Crippen LogP contribution in [0.15, 0.2) is 65.1 Å². The van der Waals surface area contributed by atoms with Crippen LogP contribution in [0, 0.1) is 0 Å². The van der Waals surface area contributed by atoms with Gasteiger partial charge in [-0.15, -0.1) is 0 Å². The van der Waals surface area contributed by atoms with Crippen molar-refractivity contribution in [3.63, 3.8) is 0 Å². The van der Waals surface area contributed by atoms with E-state index < -0.39 is 48.5 Å². The van der Waals surface area contributed by atoms with Gasteiger partial charge in [-0.05, 0) is 40.2 Å². The van der Waals surface area contributed by atoms with E-state index in [2.05, 4.69) is 48.8 Å². The van der Waals surface area contributed by atoms with E-state index >= 15 is 0 Å². The molecule has 4 rings (SSSR count). The van der Waals surface area contributed by atoms with Gasteiger partial charge < -0.3 is 56.3 Å². The van der Waals surface area contributed by atoms with Crippen molar-refractivity contribution in [1.82, 2.24) is 23.6 Å². The Labute approximate surface area is 288 Å². The largest absolute Gasteiger partial charge is 0.370 e. The summed E-state index contributed by atoms with van der Waals surface area (Å²) in [5.41, 5.74) is 11.9. The predicted octanol–water partition coefficient (Wildman–Crippen LogP) is 1.65. The molecule has 0 fully saturated rings. The van der Waals surface area contributed by atoms with Gasteiger partial charge >= 0.3 is 0 Å². The van der Waals surface area contributed by atoms with Crippen molar-refractivity contribution in [3.05, 3.63) is 82.9 Å². The van der Waals surface area contributed by atoms with Gasteiger partial charge in [-0.1, -0.05) is 6.58 Å². The number of aliphatic imine (C=N–C) groups is 1. The summed E-state index contributed by atoms with van der Waals surface area (Å²) < 4.78 is 37.3. The van der Waals surface area contributed by atoms with Crippen molar-refractivity contribution in [2.75, 3.05) is 34.3 Å². The lowest BCUT2D eigenvalue weighted by Gasteiger charge is -2.04. The molecular formula is C30H35BrN12O5. The van der Waals surface area contributed by atoms with Gasteiger partial charge in [0.05, 0.1) is 39.2 Å². The summed E-state index contributed by atoms with van der Waals surface area (Å²) in [6.07, 6.45) is 5.99. The highest BCUT2D eigenvalue weighted by Crippen LogP contribution is 2.21. The van der Waals surface area contributed by atoms with Crippen molar-refractivity contribution < 1.29 is 29.5 Å². The average Bonchev–Trinajstić information content (AvgIpc) is 3.77. The third-order valence-corrected chi connectivity index (χ3v) is 7.01. The van der Waals surface area contributed by atoms with Crippen molar-refractivity contribution in [3.8, 4) is 0 Å². The second-order valence-electron chi connectivity index (χ2n) is 10.3. The molecule has 9 N–H and O–H groups in total.